The van der Waals surface area contributed by atoms with Gasteiger partial charge in [-0.3, -0.25) is 9.59 Å². The molecule has 3 N–H and O–H groups in total. The third-order valence-corrected chi connectivity index (χ3v) is 5.12. The van der Waals surface area contributed by atoms with E-state index in [0.29, 0.717) is 19.0 Å². The van der Waals surface area contributed by atoms with Gasteiger partial charge < -0.3 is 15.7 Å². The molecule has 1 saturated carbocycles. The molecule has 20 heavy (non-hydrogen) atoms. The largest absolute Gasteiger partial charge is 0.481 e. The zero-order valence-corrected chi connectivity index (χ0v) is 12.3. The average molecular weight is 282 g/mol. The van der Waals surface area contributed by atoms with E-state index in [4.69, 9.17) is 10.8 Å². The summed E-state index contributed by atoms with van der Waals surface area (Å²) in [5.74, 6) is -0.0553. The monoisotopic (exact) mass is 282 g/mol. The topological polar surface area (TPSA) is 83.6 Å². The quantitative estimate of drug-likeness (QED) is 0.820. The first-order valence-corrected chi connectivity index (χ1v) is 7.71. The van der Waals surface area contributed by atoms with E-state index in [1.165, 1.54) is 0 Å². The highest BCUT2D eigenvalue weighted by molar-refractivity contribution is 5.84. The molecule has 2 aliphatic rings. The fourth-order valence-electron chi connectivity index (χ4n) is 3.64. The Hall–Kier alpha value is -1.10. The number of carboxylic acid groups (broad SMARTS) is 1. The van der Waals surface area contributed by atoms with Crippen molar-refractivity contribution in [3.05, 3.63) is 0 Å². The minimum Gasteiger partial charge on any atom is -0.481 e. The Balaban J connectivity index is 2.09. The minimum atomic E-state index is -0.825. The summed E-state index contributed by atoms with van der Waals surface area (Å²) in [6.07, 6.45) is 5.54. The van der Waals surface area contributed by atoms with E-state index < -0.39 is 11.4 Å². The minimum absolute atomic E-state index is 0.0583. The van der Waals surface area contributed by atoms with Crippen LogP contribution in [-0.4, -0.2) is 41.0 Å². The van der Waals surface area contributed by atoms with Gasteiger partial charge in [0.15, 0.2) is 0 Å². The summed E-state index contributed by atoms with van der Waals surface area (Å²) in [5.41, 5.74) is 5.50. The number of aliphatic carboxylic acids is 1. The third kappa shape index (κ3) is 2.97. The maximum atomic E-state index is 12.9. The fraction of sp³-hybridized carbons (Fsp3) is 0.867. The summed E-state index contributed by atoms with van der Waals surface area (Å²) < 4.78 is 0. The molecule has 1 amide bonds. The number of carbonyl (C=O) groups is 2. The lowest BCUT2D eigenvalue weighted by atomic mass is 9.70. The third-order valence-electron chi connectivity index (χ3n) is 5.12. The maximum absolute atomic E-state index is 12.9. The van der Waals surface area contributed by atoms with Crippen LogP contribution in [-0.2, 0) is 9.59 Å². The first kappa shape index (κ1) is 15.3. The molecule has 2 fully saturated rings. The summed E-state index contributed by atoms with van der Waals surface area (Å²) >= 11 is 0. The highest BCUT2D eigenvalue weighted by atomic mass is 16.4. The second-order valence-electron chi connectivity index (χ2n) is 6.56. The van der Waals surface area contributed by atoms with Crippen molar-refractivity contribution in [2.45, 2.75) is 57.9 Å². The van der Waals surface area contributed by atoms with Crippen LogP contribution in [0.4, 0.5) is 0 Å². The molecule has 1 saturated heterocycles. The Morgan fingerprint density at radius 2 is 1.95 bits per heavy atom. The standard InChI is InChI=1S/C15H26N2O3/c1-11-4-6-15(10-16,7-5-11)14(20)17-8-2-3-12(17)9-13(18)19/h11-12H,2-10,16H2,1H3,(H,18,19). The second kappa shape index (κ2) is 6.12. The number of carboxylic acids is 1. The van der Waals surface area contributed by atoms with E-state index in [1.807, 2.05) is 0 Å². The number of likely N-dealkylation sites (tertiary alicyclic amines) is 1. The van der Waals surface area contributed by atoms with Gasteiger partial charge in [-0.05, 0) is 44.4 Å². The lowest BCUT2D eigenvalue weighted by molar-refractivity contribution is -0.147. The number of rotatable bonds is 4. The first-order chi connectivity index (χ1) is 9.48. The van der Waals surface area contributed by atoms with Crippen molar-refractivity contribution in [1.82, 2.24) is 4.90 Å². The molecule has 0 spiro atoms. The van der Waals surface area contributed by atoms with E-state index in [-0.39, 0.29) is 18.4 Å². The van der Waals surface area contributed by atoms with Crippen molar-refractivity contribution in [2.24, 2.45) is 17.1 Å². The summed E-state index contributed by atoms with van der Waals surface area (Å²) in [6, 6.07) is -0.136. The van der Waals surface area contributed by atoms with Crippen LogP contribution in [0.1, 0.15) is 51.9 Å². The van der Waals surface area contributed by atoms with Crippen molar-refractivity contribution in [3.8, 4) is 0 Å². The second-order valence-corrected chi connectivity index (χ2v) is 6.56. The number of nitrogens with two attached hydrogens (primary N) is 1. The lowest BCUT2D eigenvalue weighted by Gasteiger charge is -2.41. The summed E-state index contributed by atoms with van der Waals surface area (Å²) in [4.78, 5) is 25.6. The van der Waals surface area contributed by atoms with E-state index in [0.717, 1.165) is 38.5 Å². The Morgan fingerprint density at radius 3 is 2.50 bits per heavy atom. The van der Waals surface area contributed by atoms with Crippen molar-refractivity contribution in [1.29, 1.82) is 0 Å². The Bertz CT molecular complexity index is 375. The zero-order chi connectivity index (χ0) is 14.8. The van der Waals surface area contributed by atoms with Gasteiger partial charge in [0.05, 0.1) is 11.8 Å². The predicted molar refractivity (Wildman–Crippen MR) is 76.1 cm³/mol. The summed E-state index contributed by atoms with van der Waals surface area (Å²) in [7, 11) is 0. The maximum Gasteiger partial charge on any atom is 0.305 e. The molecule has 1 aliphatic heterocycles. The molecular weight excluding hydrogens is 256 g/mol. The first-order valence-electron chi connectivity index (χ1n) is 7.71. The van der Waals surface area contributed by atoms with Gasteiger partial charge in [-0.1, -0.05) is 6.92 Å². The van der Waals surface area contributed by atoms with Crippen LogP contribution in [0, 0.1) is 11.3 Å². The highest BCUT2D eigenvalue weighted by Crippen LogP contribution is 2.41. The van der Waals surface area contributed by atoms with E-state index >= 15 is 0 Å². The number of hydrogen-bond acceptors (Lipinski definition) is 3. The molecule has 1 heterocycles. The van der Waals surface area contributed by atoms with Gasteiger partial charge in [0.1, 0.15) is 0 Å². The number of nitrogens with zero attached hydrogens (tertiary/aromatic N) is 1. The van der Waals surface area contributed by atoms with Crippen molar-refractivity contribution < 1.29 is 14.7 Å². The molecule has 2 rings (SSSR count). The van der Waals surface area contributed by atoms with Crippen LogP contribution >= 0.6 is 0 Å². The van der Waals surface area contributed by atoms with E-state index in [1.54, 1.807) is 4.90 Å². The fourth-order valence-corrected chi connectivity index (χ4v) is 3.64. The average Bonchev–Trinajstić information content (AvgIpc) is 2.86. The van der Waals surface area contributed by atoms with E-state index in [9.17, 15) is 9.59 Å². The molecule has 0 aromatic heterocycles. The van der Waals surface area contributed by atoms with E-state index in [2.05, 4.69) is 6.92 Å². The lowest BCUT2D eigenvalue weighted by Crippen LogP contribution is -2.51. The van der Waals surface area contributed by atoms with Gasteiger partial charge in [0.2, 0.25) is 5.91 Å². The SMILES string of the molecule is CC1CCC(CN)(C(=O)N2CCCC2CC(=O)O)CC1. The molecule has 0 aromatic rings. The molecule has 0 bridgehead atoms. The molecule has 1 aliphatic carbocycles. The highest BCUT2D eigenvalue weighted by Gasteiger charge is 2.45. The molecular formula is C15H26N2O3. The number of carbonyl (C=O) groups excluding carboxylic acids is 1. The van der Waals surface area contributed by atoms with Crippen LogP contribution in [0.3, 0.4) is 0 Å². The van der Waals surface area contributed by atoms with Crippen LogP contribution < -0.4 is 5.73 Å². The van der Waals surface area contributed by atoms with Crippen molar-refractivity contribution >= 4 is 11.9 Å². The van der Waals surface area contributed by atoms with Gasteiger partial charge in [-0.25, -0.2) is 0 Å². The Morgan fingerprint density at radius 1 is 1.30 bits per heavy atom. The van der Waals surface area contributed by atoms with Crippen molar-refractivity contribution in [3.63, 3.8) is 0 Å². The van der Waals surface area contributed by atoms with Gasteiger partial charge in [-0.2, -0.15) is 0 Å². The number of hydrogen-bond donors (Lipinski definition) is 2. The van der Waals surface area contributed by atoms with Crippen LogP contribution in [0.5, 0.6) is 0 Å². The molecule has 5 nitrogen and oxygen atoms in total. The smallest absolute Gasteiger partial charge is 0.305 e. The van der Waals surface area contributed by atoms with Gasteiger partial charge >= 0.3 is 5.97 Å². The molecule has 1 unspecified atom stereocenters. The zero-order valence-electron chi connectivity index (χ0n) is 12.3. The molecule has 114 valence electrons. The van der Waals surface area contributed by atoms with Crippen molar-refractivity contribution in [2.75, 3.05) is 13.1 Å². The van der Waals surface area contributed by atoms with Crippen LogP contribution in [0.2, 0.25) is 0 Å². The number of amides is 1. The summed E-state index contributed by atoms with van der Waals surface area (Å²) in [5, 5.41) is 8.98. The molecule has 5 heteroatoms. The Kier molecular flexibility index (Phi) is 4.68. The molecule has 0 radical (unpaired) electrons. The van der Waals surface area contributed by atoms with Gasteiger partial charge in [0.25, 0.3) is 0 Å². The summed E-state index contributed by atoms with van der Waals surface area (Å²) in [6.45, 7) is 3.29. The normalized spacial score (nSPS) is 34.2. The predicted octanol–water partition coefficient (Wildman–Crippen LogP) is 1.61. The van der Waals surface area contributed by atoms with Crippen LogP contribution in [0.15, 0.2) is 0 Å². The van der Waals surface area contributed by atoms with Crippen LogP contribution in [0.25, 0.3) is 0 Å². The molecule has 1 atom stereocenters. The Labute approximate surface area is 120 Å². The molecule has 0 aromatic carbocycles. The van der Waals surface area contributed by atoms with Gasteiger partial charge in [0, 0.05) is 19.1 Å². The van der Waals surface area contributed by atoms with Gasteiger partial charge in [-0.15, -0.1) is 0 Å².